The molecule has 1 heterocycles. The highest BCUT2D eigenvalue weighted by atomic mass is 19.1. The first-order chi connectivity index (χ1) is 15.3. The topological polar surface area (TPSA) is 69.6 Å². The van der Waals surface area contributed by atoms with E-state index in [1.807, 2.05) is 4.57 Å². The number of anilines is 1. The van der Waals surface area contributed by atoms with Crippen LogP contribution in [0.4, 0.5) is 10.1 Å². The fourth-order valence-electron chi connectivity index (χ4n) is 5.04. The van der Waals surface area contributed by atoms with E-state index in [0.717, 1.165) is 51.4 Å². The van der Waals surface area contributed by atoms with Crippen molar-refractivity contribution >= 4 is 22.6 Å². The van der Waals surface area contributed by atoms with Gasteiger partial charge in [-0.05, 0) is 51.7 Å². The van der Waals surface area contributed by atoms with Crippen molar-refractivity contribution in [3.63, 3.8) is 0 Å². The number of nitrogens with one attached hydrogen (secondary N) is 1. The summed E-state index contributed by atoms with van der Waals surface area (Å²) in [5.74, 6) is -0.989. The summed E-state index contributed by atoms with van der Waals surface area (Å²) >= 11 is 0. The van der Waals surface area contributed by atoms with Crippen molar-refractivity contribution in [2.75, 3.05) is 12.4 Å². The number of carbonyl (C=O) groups excluding carboxylic acids is 1. The molecule has 1 aromatic heterocycles. The molecule has 0 amide bonds. The number of methoxy groups -OCH3 is 1. The normalized spacial score (nSPS) is 18.1. The summed E-state index contributed by atoms with van der Waals surface area (Å²) in [4.78, 5) is 25.4. The molecule has 2 aromatic rings. The van der Waals surface area contributed by atoms with Gasteiger partial charge in [0.15, 0.2) is 11.4 Å². The SMILES string of the molecule is COC(=O)C(C)(C)Oc1cn(C2CCCC2)c2cc(NC3CCCCC3)c(F)cc2c1=O. The summed E-state index contributed by atoms with van der Waals surface area (Å²) in [5, 5.41) is 3.64. The number of rotatable bonds is 6. The highest BCUT2D eigenvalue weighted by Gasteiger charge is 2.33. The van der Waals surface area contributed by atoms with Crippen LogP contribution in [0.5, 0.6) is 5.75 Å². The molecular formula is C25H33FN2O4. The molecule has 0 bridgehead atoms. The first-order valence-corrected chi connectivity index (χ1v) is 11.7. The summed E-state index contributed by atoms with van der Waals surface area (Å²) in [6, 6.07) is 3.54. The number of halogens is 1. The second kappa shape index (κ2) is 9.12. The number of fused-ring (bicyclic) bond motifs is 1. The number of nitrogens with zero attached hydrogens (tertiary/aromatic N) is 1. The lowest BCUT2D eigenvalue weighted by atomic mass is 9.95. The predicted molar refractivity (Wildman–Crippen MR) is 123 cm³/mol. The molecule has 32 heavy (non-hydrogen) atoms. The van der Waals surface area contributed by atoms with Gasteiger partial charge in [-0.15, -0.1) is 0 Å². The molecule has 2 aliphatic carbocycles. The van der Waals surface area contributed by atoms with Gasteiger partial charge in [0.2, 0.25) is 5.43 Å². The summed E-state index contributed by atoms with van der Waals surface area (Å²) in [5.41, 5.74) is -0.617. The van der Waals surface area contributed by atoms with Crippen LogP contribution in [-0.4, -0.2) is 29.3 Å². The number of hydrogen-bond acceptors (Lipinski definition) is 5. The van der Waals surface area contributed by atoms with E-state index in [9.17, 15) is 9.59 Å². The van der Waals surface area contributed by atoms with Crippen molar-refractivity contribution in [2.45, 2.75) is 89.3 Å². The van der Waals surface area contributed by atoms with Crippen LogP contribution in [0.3, 0.4) is 0 Å². The maximum Gasteiger partial charge on any atom is 0.349 e. The van der Waals surface area contributed by atoms with E-state index in [0.29, 0.717) is 11.2 Å². The van der Waals surface area contributed by atoms with E-state index in [-0.39, 0.29) is 23.2 Å². The first-order valence-electron chi connectivity index (χ1n) is 11.7. The van der Waals surface area contributed by atoms with Crippen LogP contribution in [0, 0.1) is 5.82 Å². The van der Waals surface area contributed by atoms with Crippen LogP contribution in [0.2, 0.25) is 0 Å². The molecule has 2 fully saturated rings. The lowest BCUT2D eigenvalue weighted by Crippen LogP contribution is -2.40. The molecule has 1 aromatic carbocycles. The number of hydrogen-bond donors (Lipinski definition) is 1. The average molecular weight is 445 g/mol. The van der Waals surface area contributed by atoms with E-state index >= 15 is 4.39 Å². The van der Waals surface area contributed by atoms with Crippen molar-refractivity contribution in [3.8, 4) is 5.75 Å². The molecule has 0 radical (unpaired) electrons. The minimum atomic E-state index is -1.34. The monoisotopic (exact) mass is 444 g/mol. The van der Waals surface area contributed by atoms with E-state index in [1.165, 1.54) is 19.6 Å². The zero-order valence-corrected chi connectivity index (χ0v) is 19.2. The molecule has 2 aliphatic rings. The zero-order valence-electron chi connectivity index (χ0n) is 19.2. The zero-order chi connectivity index (χ0) is 22.9. The highest BCUT2D eigenvalue weighted by molar-refractivity contribution is 5.85. The smallest absolute Gasteiger partial charge is 0.349 e. The molecule has 0 saturated heterocycles. The molecule has 0 atom stereocenters. The number of ether oxygens (including phenoxy) is 2. The Morgan fingerprint density at radius 1 is 1.09 bits per heavy atom. The molecule has 1 N–H and O–H groups in total. The predicted octanol–water partition coefficient (Wildman–Crippen LogP) is 5.33. The van der Waals surface area contributed by atoms with E-state index < -0.39 is 22.8 Å². The van der Waals surface area contributed by atoms with Gasteiger partial charge in [-0.3, -0.25) is 4.79 Å². The second-order valence-corrected chi connectivity index (χ2v) is 9.60. The van der Waals surface area contributed by atoms with Gasteiger partial charge in [0.1, 0.15) is 5.82 Å². The number of pyridine rings is 1. The molecule has 0 unspecified atom stereocenters. The molecule has 7 heteroatoms. The van der Waals surface area contributed by atoms with Gasteiger partial charge in [-0.2, -0.15) is 0 Å². The largest absolute Gasteiger partial charge is 0.470 e. The third-order valence-electron chi connectivity index (χ3n) is 6.81. The molecular weight excluding hydrogens is 411 g/mol. The summed E-state index contributed by atoms with van der Waals surface area (Å²) in [6.07, 6.45) is 11.5. The van der Waals surface area contributed by atoms with Crippen LogP contribution < -0.4 is 15.5 Å². The quantitative estimate of drug-likeness (QED) is 0.610. The molecule has 4 rings (SSSR count). The van der Waals surface area contributed by atoms with Gasteiger partial charge in [-0.1, -0.05) is 32.1 Å². The number of benzene rings is 1. The minimum Gasteiger partial charge on any atom is -0.470 e. The van der Waals surface area contributed by atoms with Crippen LogP contribution in [0.15, 0.2) is 23.1 Å². The van der Waals surface area contributed by atoms with Crippen molar-refractivity contribution in [1.82, 2.24) is 4.57 Å². The van der Waals surface area contributed by atoms with Crippen LogP contribution in [-0.2, 0) is 9.53 Å². The Labute approximate surface area is 188 Å². The Bertz CT molecular complexity index is 1050. The van der Waals surface area contributed by atoms with Crippen molar-refractivity contribution in [3.05, 3.63) is 34.4 Å². The van der Waals surface area contributed by atoms with E-state index in [1.54, 1.807) is 26.1 Å². The highest BCUT2D eigenvalue weighted by Crippen LogP contribution is 2.35. The van der Waals surface area contributed by atoms with Crippen molar-refractivity contribution in [2.24, 2.45) is 0 Å². The summed E-state index contributed by atoms with van der Waals surface area (Å²) in [7, 11) is 1.28. The fourth-order valence-corrected chi connectivity index (χ4v) is 5.04. The van der Waals surface area contributed by atoms with Gasteiger partial charge >= 0.3 is 5.97 Å². The van der Waals surface area contributed by atoms with Gasteiger partial charge in [0.25, 0.3) is 0 Å². The third-order valence-corrected chi connectivity index (χ3v) is 6.81. The first kappa shape index (κ1) is 22.6. The second-order valence-electron chi connectivity index (χ2n) is 9.60. The standard InChI is InChI=1S/C25H33FN2O4/c1-25(2,24(30)31-3)32-22-15-28(17-11-7-8-12-17)21-14-20(19(26)13-18(21)23(22)29)27-16-9-5-4-6-10-16/h13-17,27H,4-12H2,1-3H3. The van der Waals surface area contributed by atoms with Gasteiger partial charge in [0, 0.05) is 12.1 Å². The molecule has 0 aliphatic heterocycles. The number of esters is 1. The van der Waals surface area contributed by atoms with E-state index in [4.69, 9.17) is 9.47 Å². The Morgan fingerprint density at radius 3 is 2.41 bits per heavy atom. The fraction of sp³-hybridized carbons (Fsp3) is 0.600. The Hall–Kier alpha value is -2.57. The van der Waals surface area contributed by atoms with Gasteiger partial charge < -0.3 is 19.4 Å². The maximum absolute atomic E-state index is 15.1. The Morgan fingerprint density at radius 2 is 1.75 bits per heavy atom. The van der Waals surface area contributed by atoms with Gasteiger partial charge in [-0.25, -0.2) is 9.18 Å². The average Bonchev–Trinajstić information content (AvgIpc) is 3.31. The summed E-state index contributed by atoms with van der Waals surface area (Å²) in [6.45, 7) is 3.11. The van der Waals surface area contributed by atoms with E-state index in [2.05, 4.69) is 5.32 Å². The van der Waals surface area contributed by atoms with Crippen LogP contribution in [0.1, 0.15) is 77.7 Å². The molecule has 0 spiro atoms. The van der Waals surface area contributed by atoms with Crippen molar-refractivity contribution in [1.29, 1.82) is 0 Å². The lowest BCUT2D eigenvalue weighted by Gasteiger charge is -2.27. The van der Waals surface area contributed by atoms with Crippen molar-refractivity contribution < 1.29 is 18.7 Å². The molecule has 2 saturated carbocycles. The van der Waals surface area contributed by atoms with Crippen LogP contribution >= 0.6 is 0 Å². The lowest BCUT2D eigenvalue weighted by molar-refractivity contribution is -0.156. The Kier molecular flexibility index (Phi) is 6.45. The van der Waals surface area contributed by atoms with Gasteiger partial charge in [0.05, 0.1) is 29.9 Å². The molecule has 174 valence electrons. The number of carbonyl (C=O) groups is 1. The summed E-state index contributed by atoms with van der Waals surface area (Å²) < 4.78 is 27.8. The number of aromatic nitrogens is 1. The third kappa shape index (κ3) is 4.48. The minimum absolute atomic E-state index is 0.0344. The molecule has 6 nitrogen and oxygen atoms in total. The maximum atomic E-state index is 15.1. The van der Waals surface area contributed by atoms with Crippen LogP contribution in [0.25, 0.3) is 10.9 Å². The Balaban J connectivity index is 1.80.